The lowest BCUT2D eigenvalue weighted by Crippen LogP contribution is -2.44. The van der Waals surface area contributed by atoms with E-state index in [4.69, 9.17) is 0 Å². The minimum atomic E-state index is -0.430. The van der Waals surface area contributed by atoms with Crippen LogP contribution in [0.25, 0.3) is 0 Å². The highest BCUT2D eigenvalue weighted by Gasteiger charge is 2.16. The lowest BCUT2D eigenvalue weighted by Gasteiger charge is -2.33. The molecular weight excluding hydrogens is 208 g/mol. The molecule has 16 heavy (non-hydrogen) atoms. The van der Waals surface area contributed by atoms with E-state index in [1.54, 1.807) is 6.07 Å². The van der Waals surface area contributed by atoms with Crippen LogP contribution in [0.4, 0.5) is 11.5 Å². The van der Waals surface area contributed by atoms with Crippen LogP contribution in [0.15, 0.2) is 18.3 Å². The van der Waals surface area contributed by atoms with Gasteiger partial charge in [-0.2, -0.15) is 0 Å². The molecule has 1 aromatic rings. The SMILES string of the molecule is CN1CCN(c2ccc([N+](=O)[O-])cn2)CC1. The van der Waals surface area contributed by atoms with E-state index in [0.29, 0.717) is 0 Å². The fourth-order valence-corrected chi connectivity index (χ4v) is 1.71. The van der Waals surface area contributed by atoms with Gasteiger partial charge in [-0.15, -0.1) is 0 Å². The third-order valence-electron chi connectivity index (χ3n) is 2.77. The van der Waals surface area contributed by atoms with Crippen LogP contribution in [-0.2, 0) is 0 Å². The van der Waals surface area contributed by atoms with Crippen molar-refractivity contribution in [2.24, 2.45) is 0 Å². The highest BCUT2D eigenvalue weighted by molar-refractivity contribution is 5.43. The zero-order chi connectivity index (χ0) is 11.5. The molecule has 2 rings (SSSR count). The average Bonchev–Trinajstić information content (AvgIpc) is 2.30. The van der Waals surface area contributed by atoms with Crippen LogP contribution in [0.2, 0.25) is 0 Å². The maximum atomic E-state index is 10.5. The van der Waals surface area contributed by atoms with Crippen LogP contribution in [0.3, 0.4) is 0 Å². The summed E-state index contributed by atoms with van der Waals surface area (Å²) >= 11 is 0. The number of likely N-dealkylation sites (N-methyl/N-ethyl adjacent to an activating group) is 1. The standard InChI is InChI=1S/C10H14N4O2/c1-12-4-6-13(7-5-12)10-3-2-9(8-11-10)14(15)16/h2-3,8H,4-7H2,1H3. The molecule has 0 aliphatic carbocycles. The summed E-state index contributed by atoms with van der Waals surface area (Å²) < 4.78 is 0. The number of rotatable bonds is 2. The molecule has 0 amide bonds. The minimum absolute atomic E-state index is 0.0397. The molecule has 1 aliphatic rings. The summed E-state index contributed by atoms with van der Waals surface area (Å²) in [6.45, 7) is 3.83. The van der Waals surface area contributed by atoms with Crippen molar-refractivity contribution in [1.29, 1.82) is 0 Å². The molecule has 0 radical (unpaired) electrons. The lowest BCUT2D eigenvalue weighted by atomic mass is 10.3. The van der Waals surface area contributed by atoms with Crippen molar-refractivity contribution in [2.75, 3.05) is 38.1 Å². The van der Waals surface area contributed by atoms with E-state index < -0.39 is 4.92 Å². The van der Waals surface area contributed by atoms with Gasteiger partial charge in [-0.3, -0.25) is 10.1 Å². The molecule has 1 saturated heterocycles. The van der Waals surface area contributed by atoms with Crippen molar-refractivity contribution in [3.8, 4) is 0 Å². The normalized spacial score (nSPS) is 17.4. The first kappa shape index (κ1) is 10.8. The van der Waals surface area contributed by atoms with E-state index in [2.05, 4.69) is 21.8 Å². The van der Waals surface area contributed by atoms with Gasteiger partial charge in [-0.1, -0.05) is 0 Å². The van der Waals surface area contributed by atoms with Crippen molar-refractivity contribution < 1.29 is 4.92 Å². The van der Waals surface area contributed by atoms with Crippen molar-refractivity contribution in [2.45, 2.75) is 0 Å². The predicted octanol–water partition coefficient (Wildman–Crippen LogP) is 0.742. The van der Waals surface area contributed by atoms with Crippen LogP contribution < -0.4 is 4.90 Å². The van der Waals surface area contributed by atoms with Gasteiger partial charge in [0.05, 0.1) is 4.92 Å². The summed E-state index contributed by atoms with van der Waals surface area (Å²) in [6.07, 6.45) is 1.31. The molecule has 0 saturated carbocycles. The highest BCUT2D eigenvalue weighted by Crippen LogP contribution is 2.16. The molecule has 0 aromatic carbocycles. The molecule has 0 atom stereocenters. The van der Waals surface area contributed by atoms with Gasteiger partial charge in [0.1, 0.15) is 12.0 Å². The fraction of sp³-hybridized carbons (Fsp3) is 0.500. The lowest BCUT2D eigenvalue weighted by molar-refractivity contribution is -0.385. The molecule has 0 unspecified atom stereocenters. The van der Waals surface area contributed by atoms with Crippen molar-refractivity contribution in [3.05, 3.63) is 28.4 Å². The molecule has 0 bridgehead atoms. The maximum Gasteiger partial charge on any atom is 0.287 e. The van der Waals surface area contributed by atoms with Gasteiger partial charge in [0.2, 0.25) is 0 Å². The second kappa shape index (κ2) is 4.44. The topological polar surface area (TPSA) is 62.5 Å². The molecular formula is C10H14N4O2. The highest BCUT2D eigenvalue weighted by atomic mass is 16.6. The van der Waals surface area contributed by atoms with Crippen molar-refractivity contribution in [1.82, 2.24) is 9.88 Å². The molecule has 6 nitrogen and oxygen atoms in total. The van der Waals surface area contributed by atoms with Gasteiger partial charge in [-0.25, -0.2) is 4.98 Å². The Morgan fingerprint density at radius 3 is 2.50 bits per heavy atom. The molecule has 86 valence electrons. The van der Waals surface area contributed by atoms with E-state index in [1.165, 1.54) is 12.3 Å². The van der Waals surface area contributed by atoms with Gasteiger partial charge >= 0.3 is 0 Å². The molecule has 1 aliphatic heterocycles. The van der Waals surface area contributed by atoms with E-state index in [1.807, 2.05) is 0 Å². The Morgan fingerprint density at radius 1 is 1.31 bits per heavy atom. The van der Waals surface area contributed by atoms with Crippen LogP contribution in [0, 0.1) is 10.1 Å². The Bertz CT molecular complexity index is 371. The van der Waals surface area contributed by atoms with Gasteiger partial charge in [0.25, 0.3) is 5.69 Å². The Labute approximate surface area is 93.6 Å². The number of nitrogens with zero attached hydrogens (tertiary/aromatic N) is 4. The Balaban J connectivity index is 2.07. The summed E-state index contributed by atoms with van der Waals surface area (Å²) in [5.74, 6) is 0.818. The third kappa shape index (κ3) is 2.27. The number of piperazine rings is 1. The summed E-state index contributed by atoms with van der Waals surface area (Å²) in [7, 11) is 2.08. The first-order valence-corrected chi connectivity index (χ1v) is 5.21. The molecule has 0 spiro atoms. The number of aromatic nitrogens is 1. The van der Waals surface area contributed by atoms with Gasteiger partial charge in [-0.05, 0) is 13.1 Å². The first-order valence-electron chi connectivity index (χ1n) is 5.21. The van der Waals surface area contributed by atoms with E-state index in [-0.39, 0.29) is 5.69 Å². The average molecular weight is 222 g/mol. The maximum absolute atomic E-state index is 10.5. The molecule has 6 heteroatoms. The molecule has 2 heterocycles. The Kier molecular flexibility index (Phi) is 3.00. The Morgan fingerprint density at radius 2 is 2.00 bits per heavy atom. The van der Waals surface area contributed by atoms with E-state index in [9.17, 15) is 10.1 Å². The van der Waals surface area contributed by atoms with Gasteiger partial charge in [0, 0.05) is 32.2 Å². The zero-order valence-electron chi connectivity index (χ0n) is 9.17. The monoisotopic (exact) mass is 222 g/mol. The van der Waals surface area contributed by atoms with Crippen LogP contribution in [-0.4, -0.2) is 48.0 Å². The number of nitro groups is 1. The second-order valence-corrected chi connectivity index (χ2v) is 3.92. The predicted molar refractivity (Wildman–Crippen MR) is 60.6 cm³/mol. The Hall–Kier alpha value is -1.69. The number of hydrogen-bond acceptors (Lipinski definition) is 5. The van der Waals surface area contributed by atoms with E-state index in [0.717, 1.165) is 32.0 Å². The summed E-state index contributed by atoms with van der Waals surface area (Å²) in [5.41, 5.74) is 0.0397. The van der Waals surface area contributed by atoms with Crippen LogP contribution >= 0.6 is 0 Å². The molecule has 1 fully saturated rings. The molecule has 1 aromatic heterocycles. The second-order valence-electron chi connectivity index (χ2n) is 3.92. The summed E-state index contributed by atoms with van der Waals surface area (Å²) in [5, 5.41) is 10.5. The zero-order valence-corrected chi connectivity index (χ0v) is 9.17. The summed E-state index contributed by atoms with van der Waals surface area (Å²) in [6, 6.07) is 3.21. The molecule has 0 N–H and O–H groups in total. The van der Waals surface area contributed by atoms with Crippen LogP contribution in [0.1, 0.15) is 0 Å². The van der Waals surface area contributed by atoms with Gasteiger partial charge < -0.3 is 9.80 Å². The van der Waals surface area contributed by atoms with Gasteiger partial charge in [0.15, 0.2) is 0 Å². The largest absolute Gasteiger partial charge is 0.354 e. The van der Waals surface area contributed by atoms with E-state index >= 15 is 0 Å². The summed E-state index contributed by atoms with van der Waals surface area (Å²) in [4.78, 5) is 18.6. The third-order valence-corrected chi connectivity index (χ3v) is 2.77. The fourth-order valence-electron chi connectivity index (χ4n) is 1.71. The van der Waals surface area contributed by atoms with Crippen molar-refractivity contribution >= 4 is 11.5 Å². The van der Waals surface area contributed by atoms with Crippen molar-refractivity contribution in [3.63, 3.8) is 0 Å². The number of hydrogen-bond donors (Lipinski definition) is 0. The smallest absolute Gasteiger partial charge is 0.287 e. The number of pyridine rings is 1. The number of anilines is 1. The minimum Gasteiger partial charge on any atom is -0.354 e. The van der Waals surface area contributed by atoms with Crippen LogP contribution in [0.5, 0.6) is 0 Å². The quantitative estimate of drug-likeness (QED) is 0.545. The first-order chi connectivity index (χ1) is 7.66.